The van der Waals surface area contributed by atoms with Crippen LogP contribution in [-0.2, 0) is 0 Å². The minimum atomic E-state index is 0.732. The molecule has 0 saturated carbocycles. The molecule has 0 atom stereocenters. The van der Waals surface area contributed by atoms with Crippen LogP contribution in [0.25, 0.3) is 5.69 Å². The van der Waals surface area contributed by atoms with E-state index in [9.17, 15) is 0 Å². The summed E-state index contributed by atoms with van der Waals surface area (Å²) >= 11 is 0. The Morgan fingerprint density at radius 3 is 2.35 bits per heavy atom. The summed E-state index contributed by atoms with van der Waals surface area (Å²) < 4.78 is 0. The first-order chi connectivity index (χ1) is 8.25. The lowest BCUT2D eigenvalue weighted by atomic mass is 10.1. The molecule has 2 aromatic rings. The molecule has 1 aromatic carbocycles. The average Bonchev–Trinajstić information content (AvgIpc) is 2.83. The first-order valence-corrected chi connectivity index (χ1v) is 5.96. The molecular formula is C13H18N4. The first kappa shape index (κ1) is 11.6. The van der Waals surface area contributed by atoms with E-state index >= 15 is 0 Å². The quantitative estimate of drug-likeness (QED) is 0.858. The van der Waals surface area contributed by atoms with Gasteiger partial charge in [-0.3, -0.25) is 0 Å². The fourth-order valence-electron chi connectivity index (χ4n) is 1.57. The maximum Gasteiger partial charge on any atom is 0.0858 e. The Bertz CT molecular complexity index is 431. The van der Waals surface area contributed by atoms with E-state index in [1.165, 1.54) is 6.42 Å². The van der Waals surface area contributed by atoms with Crippen LogP contribution in [0.1, 0.15) is 20.3 Å². The van der Waals surface area contributed by atoms with Gasteiger partial charge in [0.1, 0.15) is 0 Å². The summed E-state index contributed by atoms with van der Waals surface area (Å²) in [5, 5.41) is 11.6. The summed E-state index contributed by atoms with van der Waals surface area (Å²) in [6, 6.07) is 8.13. The molecule has 0 saturated heterocycles. The Morgan fingerprint density at radius 2 is 1.76 bits per heavy atom. The number of anilines is 1. The molecule has 0 fully saturated rings. The van der Waals surface area contributed by atoms with E-state index in [0.29, 0.717) is 0 Å². The smallest absolute Gasteiger partial charge is 0.0858 e. The molecule has 90 valence electrons. The number of rotatable bonds is 5. The van der Waals surface area contributed by atoms with Crippen LogP contribution >= 0.6 is 0 Å². The number of benzene rings is 1. The molecular weight excluding hydrogens is 212 g/mol. The van der Waals surface area contributed by atoms with Gasteiger partial charge in [0, 0.05) is 12.2 Å². The van der Waals surface area contributed by atoms with Gasteiger partial charge in [0.25, 0.3) is 0 Å². The zero-order valence-corrected chi connectivity index (χ0v) is 10.3. The Labute approximate surface area is 102 Å². The first-order valence-electron chi connectivity index (χ1n) is 5.96. The summed E-state index contributed by atoms with van der Waals surface area (Å²) in [6.07, 6.45) is 4.53. The molecule has 0 aliphatic rings. The SMILES string of the molecule is CC(C)CCNc1ccc(-n2nccn2)cc1. The molecule has 0 aliphatic carbocycles. The number of aromatic nitrogens is 3. The number of nitrogens with zero attached hydrogens (tertiary/aromatic N) is 3. The minimum absolute atomic E-state index is 0.732. The van der Waals surface area contributed by atoms with Crippen molar-refractivity contribution in [3.8, 4) is 5.69 Å². The molecule has 17 heavy (non-hydrogen) atoms. The van der Waals surface area contributed by atoms with Crippen LogP contribution in [0.3, 0.4) is 0 Å². The van der Waals surface area contributed by atoms with Crippen molar-refractivity contribution in [3.05, 3.63) is 36.7 Å². The fourth-order valence-corrected chi connectivity index (χ4v) is 1.57. The van der Waals surface area contributed by atoms with Crippen LogP contribution in [-0.4, -0.2) is 21.5 Å². The lowest BCUT2D eigenvalue weighted by Crippen LogP contribution is -2.05. The van der Waals surface area contributed by atoms with Gasteiger partial charge >= 0.3 is 0 Å². The summed E-state index contributed by atoms with van der Waals surface area (Å²) in [5.74, 6) is 0.732. The summed E-state index contributed by atoms with van der Waals surface area (Å²) in [4.78, 5) is 1.61. The number of hydrogen-bond donors (Lipinski definition) is 1. The van der Waals surface area contributed by atoms with Crippen LogP contribution in [0.2, 0.25) is 0 Å². The topological polar surface area (TPSA) is 42.7 Å². The second-order valence-electron chi connectivity index (χ2n) is 4.47. The molecule has 1 aromatic heterocycles. The Hall–Kier alpha value is -1.84. The van der Waals surface area contributed by atoms with Crippen molar-refractivity contribution in [3.63, 3.8) is 0 Å². The molecule has 0 bridgehead atoms. The van der Waals surface area contributed by atoms with Gasteiger partial charge in [-0.05, 0) is 36.6 Å². The third kappa shape index (κ3) is 3.31. The standard InChI is InChI=1S/C13H18N4/c1-11(2)7-8-14-12-3-5-13(6-4-12)17-15-9-10-16-17/h3-6,9-11,14H,7-8H2,1-2H3. The second kappa shape index (κ2) is 5.48. The minimum Gasteiger partial charge on any atom is -0.385 e. The van der Waals surface area contributed by atoms with E-state index in [2.05, 4.69) is 41.5 Å². The van der Waals surface area contributed by atoms with Gasteiger partial charge < -0.3 is 5.32 Å². The van der Waals surface area contributed by atoms with Gasteiger partial charge in [-0.2, -0.15) is 15.0 Å². The lowest BCUT2D eigenvalue weighted by molar-refractivity contribution is 0.607. The van der Waals surface area contributed by atoms with Gasteiger partial charge in [0.05, 0.1) is 18.1 Å². The summed E-state index contributed by atoms with van der Waals surface area (Å²) in [7, 11) is 0. The van der Waals surface area contributed by atoms with Crippen molar-refractivity contribution in [2.45, 2.75) is 20.3 Å². The highest BCUT2D eigenvalue weighted by molar-refractivity contribution is 5.48. The highest BCUT2D eigenvalue weighted by Crippen LogP contribution is 2.12. The summed E-state index contributed by atoms with van der Waals surface area (Å²) in [6.45, 7) is 5.47. The molecule has 4 heteroatoms. The second-order valence-corrected chi connectivity index (χ2v) is 4.47. The zero-order valence-electron chi connectivity index (χ0n) is 10.3. The third-order valence-corrected chi connectivity index (χ3v) is 2.57. The van der Waals surface area contributed by atoms with Gasteiger partial charge in [0.15, 0.2) is 0 Å². The normalized spacial score (nSPS) is 10.8. The van der Waals surface area contributed by atoms with Crippen molar-refractivity contribution in [2.24, 2.45) is 5.92 Å². The molecule has 0 spiro atoms. The molecule has 4 nitrogen and oxygen atoms in total. The molecule has 0 amide bonds. The summed E-state index contributed by atoms with van der Waals surface area (Å²) in [5.41, 5.74) is 2.12. The van der Waals surface area contributed by atoms with Gasteiger partial charge in [-0.15, -0.1) is 0 Å². The van der Waals surface area contributed by atoms with E-state index in [4.69, 9.17) is 0 Å². The molecule has 0 radical (unpaired) electrons. The van der Waals surface area contributed by atoms with Gasteiger partial charge in [0.2, 0.25) is 0 Å². The van der Waals surface area contributed by atoms with Crippen LogP contribution in [0.5, 0.6) is 0 Å². The molecule has 1 N–H and O–H groups in total. The van der Waals surface area contributed by atoms with Crippen LogP contribution in [0.4, 0.5) is 5.69 Å². The average molecular weight is 230 g/mol. The number of hydrogen-bond acceptors (Lipinski definition) is 3. The molecule has 0 aliphatic heterocycles. The highest BCUT2D eigenvalue weighted by Gasteiger charge is 1.98. The van der Waals surface area contributed by atoms with Crippen LogP contribution in [0.15, 0.2) is 36.7 Å². The van der Waals surface area contributed by atoms with Crippen molar-refractivity contribution in [1.82, 2.24) is 15.0 Å². The van der Waals surface area contributed by atoms with Gasteiger partial charge in [-0.25, -0.2) is 0 Å². The van der Waals surface area contributed by atoms with Crippen molar-refractivity contribution in [2.75, 3.05) is 11.9 Å². The van der Waals surface area contributed by atoms with E-state index in [0.717, 1.165) is 23.8 Å². The lowest BCUT2D eigenvalue weighted by Gasteiger charge is -2.08. The predicted octanol–water partition coefficient (Wildman–Crippen LogP) is 2.73. The van der Waals surface area contributed by atoms with Crippen molar-refractivity contribution in [1.29, 1.82) is 0 Å². The van der Waals surface area contributed by atoms with E-state index < -0.39 is 0 Å². The van der Waals surface area contributed by atoms with Crippen LogP contribution in [0, 0.1) is 5.92 Å². The largest absolute Gasteiger partial charge is 0.385 e. The Balaban J connectivity index is 1.94. The maximum absolute atomic E-state index is 4.09. The van der Waals surface area contributed by atoms with Crippen LogP contribution < -0.4 is 5.32 Å². The Kier molecular flexibility index (Phi) is 3.75. The third-order valence-electron chi connectivity index (χ3n) is 2.57. The highest BCUT2D eigenvalue weighted by atomic mass is 15.5. The monoisotopic (exact) mass is 230 g/mol. The van der Waals surface area contributed by atoms with Crippen molar-refractivity contribution >= 4 is 5.69 Å². The van der Waals surface area contributed by atoms with Crippen molar-refractivity contribution < 1.29 is 0 Å². The van der Waals surface area contributed by atoms with E-state index in [1.54, 1.807) is 17.2 Å². The molecule has 0 unspecified atom stereocenters. The van der Waals surface area contributed by atoms with E-state index in [-0.39, 0.29) is 0 Å². The van der Waals surface area contributed by atoms with Gasteiger partial charge in [-0.1, -0.05) is 13.8 Å². The van der Waals surface area contributed by atoms with E-state index in [1.807, 2.05) is 12.1 Å². The molecule has 2 rings (SSSR count). The number of nitrogens with one attached hydrogen (secondary N) is 1. The predicted molar refractivity (Wildman–Crippen MR) is 69.3 cm³/mol. The fraction of sp³-hybridized carbons (Fsp3) is 0.385. The zero-order chi connectivity index (χ0) is 12.1. The Morgan fingerprint density at radius 1 is 1.12 bits per heavy atom. The maximum atomic E-state index is 4.09. The molecule has 1 heterocycles.